The molecule has 0 aliphatic rings. The van der Waals surface area contributed by atoms with Crippen molar-refractivity contribution in [2.75, 3.05) is 13.7 Å². The molecule has 2 unspecified atom stereocenters. The summed E-state index contributed by atoms with van der Waals surface area (Å²) in [7, 11) is 1.74. The molecule has 2 aromatic carbocycles. The lowest BCUT2D eigenvalue weighted by atomic mass is 9.89. The first kappa shape index (κ1) is 16.3. The summed E-state index contributed by atoms with van der Waals surface area (Å²) in [5.41, 5.74) is 4.06. The summed E-state index contributed by atoms with van der Waals surface area (Å²) in [5, 5.41) is 0. The molecule has 0 bridgehead atoms. The Hall–Kier alpha value is -1.12. The Morgan fingerprint density at radius 3 is 2.19 bits per heavy atom. The van der Waals surface area contributed by atoms with Crippen LogP contribution in [0.2, 0.25) is 0 Å². The third-order valence-electron chi connectivity index (χ3n) is 3.91. The van der Waals surface area contributed by atoms with E-state index in [2.05, 4.69) is 77.5 Å². The Kier molecular flexibility index (Phi) is 6.47. The summed E-state index contributed by atoms with van der Waals surface area (Å²) >= 11 is 3.90. The molecule has 112 valence electrons. The molecule has 0 saturated heterocycles. The minimum Gasteiger partial charge on any atom is -0.384 e. The summed E-state index contributed by atoms with van der Waals surface area (Å²) in [6.45, 7) is 3.03. The number of benzene rings is 2. The Morgan fingerprint density at radius 2 is 1.62 bits per heavy atom. The predicted octanol–water partition coefficient (Wildman–Crippen LogP) is 5.51. The highest BCUT2D eigenvalue weighted by atomic mass is 79.9. The molecule has 2 heteroatoms. The van der Waals surface area contributed by atoms with Gasteiger partial charge >= 0.3 is 0 Å². The van der Waals surface area contributed by atoms with Crippen molar-refractivity contribution < 1.29 is 4.74 Å². The maximum Gasteiger partial charge on any atom is 0.0502 e. The third-order valence-corrected chi connectivity index (χ3v) is 5.08. The fraction of sp³-hybridized carbons (Fsp3) is 0.368. The van der Waals surface area contributed by atoms with E-state index in [0.717, 1.165) is 19.4 Å². The molecule has 2 atom stereocenters. The van der Waals surface area contributed by atoms with Crippen LogP contribution in [0.15, 0.2) is 54.6 Å². The van der Waals surface area contributed by atoms with Crippen LogP contribution < -0.4 is 0 Å². The lowest BCUT2D eigenvalue weighted by Gasteiger charge is -2.22. The van der Waals surface area contributed by atoms with Gasteiger partial charge < -0.3 is 4.74 Å². The number of methoxy groups -OCH3 is 1. The van der Waals surface area contributed by atoms with Crippen molar-refractivity contribution in [2.45, 2.75) is 30.5 Å². The Morgan fingerprint density at radius 1 is 0.952 bits per heavy atom. The van der Waals surface area contributed by atoms with Gasteiger partial charge in [0.15, 0.2) is 0 Å². The molecule has 0 radical (unpaired) electrons. The van der Waals surface area contributed by atoms with E-state index in [9.17, 15) is 0 Å². The summed E-state index contributed by atoms with van der Waals surface area (Å²) in [6, 6.07) is 19.6. The second-order valence-corrected chi connectivity index (χ2v) is 6.30. The van der Waals surface area contributed by atoms with Gasteiger partial charge in [-0.15, -0.1) is 0 Å². The minimum atomic E-state index is 0.348. The molecule has 2 aromatic rings. The first-order valence-corrected chi connectivity index (χ1v) is 8.44. The van der Waals surface area contributed by atoms with E-state index in [-0.39, 0.29) is 0 Å². The average molecular weight is 347 g/mol. The summed E-state index contributed by atoms with van der Waals surface area (Å²) in [5.74, 6) is 0.496. The number of hydrogen-bond acceptors (Lipinski definition) is 1. The van der Waals surface area contributed by atoms with Gasteiger partial charge in [0.05, 0.1) is 6.61 Å². The largest absolute Gasteiger partial charge is 0.384 e. The molecule has 0 N–H and O–H groups in total. The highest BCUT2D eigenvalue weighted by molar-refractivity contribution is 9.09. The van der Waals surface area contributed by atoms with E-state index in [1.807, 2.05) is 0 Å². The topological polar surface area (TPSA) is 9.23 Å². The molecule has 2 rings (SSSR count). The van der Waals surface area contributed by atoms with E-state index in [0.29, 0.717) is 10.7 Å². The van der Waals surface area contributed by atoms with Crippen molar-refractivity contribution in [3.8, 4) is 0 Å². The van der Waals surface area contributed by atoms with Crippen LogP contribution >= 0.6 is 15.9 Å². The zero-order valence-corrected chi connectivity index (χ0v) is 14.3. The van der Waals surface area contributed by atoms with Gasteiger partial charge in [0.2, 0.25) is 0 Å². The first-order valence-electron chi connectivity index (χ1n) is 7.53. The molecule has 0 spiro atoms. The highest BCUT2D eigenvalue weighted by Crippen LogP contribution is 2.40. The van der Waals surface area contributed by atoms with Crippen LogP contribution in [-0.2, 0) is 11.2 Å². The monoisotopic (exact) mass is 346 g/mol. The first-order chi connectivity index (χ1) is 10.3. The SMILES string of the molecule is CCC(c1ccccc1)C(Br)c1ccc(CCOC)cc1. The van der Waals surface area contributed by atoms with Gasteiger partial charge in [0, 0.05) is 17.9 Å². The smallest absolute Gasteiger partial charge is 0.0502 e. The van der Waals surface area contributed by atoms with Gasteiger partial charge in [0.1, 0.15) is 0 Å². The number of alkyl halides is 1. The Balaban J connectivity index is 2.12. The summed E-state index contributed by atoms with van der Waals surface area (Å²) in [6.07, 6.45) is 2.09. The summed E-state index contributed by atoms with van der Waals surface area (Å²) in [4.78, 5) is 0.348. The molecular weight excluding hydrogens is 324 g/mol. The lowest BCUT2D eigenvalue weighted by molar-refractivity contribution is 0.202. The molecule has 0 aliphatic heterocycles. The quantitative estimate of drug-likeness (QED) is 0.601. The van der Waals surface area contributed by atoms with Gasteiger partial charge in [0.25, 0.3) is 0 Å². The van der Waals surface area contributed by atoms with Gasteiger partial charge in [-0.25, -0.2) is 0 Å². The van der Waals surface area contributed by atoms with Crippen molar-refractivity contribution >= 4 is 15.9 Å². The molecule has 0 fully saturated rings. The van der Waals surface area contributed by atoms with Crippen molar-refractivity contribution in [3.63, 3.8) is 0 Å². The van der Waals surface area contributed by atoms with Crippen LogP contribution in [0.5, 0.6) is 0 Å². The minimum absolute atomic E-state index is 0.348. The molecular formula is C19H23BrO. The van der Waals surface area contributed by atoms with Gasteiger partial charge in [-0.2, -0.15) is 0 Å². The fourth-order valence-electron chi connectivity index (χ4n) is 2.63. The molecule has 0 saturated carbocycles. The van der Waals surface area contributed by atoms with E-state index in [1.54, 1.807) is 7.11 Å². The van der Waals surface area contributed by atoms with Gasteiger partial charge in [-0.3, -0.25) is 0 Å². The Labute approximate surface area is 136 Å². The third kappa shape index (κ3) is 4.42. The number of hydrogen-bond donors (Lipinski definition) is 0. The molecule has 21 heavy (non-hydrogen) atoms. The van der Waals surface area contributed by atoms with E-state index < -0.39 is 0 Å². The molecule has 0 aromatic heterocycles. The van der Waals surface area contributed by atoms with E-state index >= 15 is 0 Å². The predicted molar refractivity (Wildman–Crippen MR) is 93.2 cm³/mol. The number of halogens is 1. The normalized spacial score (nSPS) is 13.9. The molecule has 0 heterocycles. The van der Waals surface area contributed by atoms with Crippen LogP contribution in [0, 0.1) is 0 Å². The highest BCUT2D eigenvalue weighted by Gasteiger charge is 2.20. The maximum atomic E-state index is 5.13. The molecule has 0 aliphatic carbocycles. The zero-order valence-electron chi connectivity index (χ0n) is 12.8. The van der Waals surface area contributed by atoms with E-state index in [4.69, 9.17) is 4.74 Å². The van der Waals surface area contributed by atoms with Crippen LogP contribution in [0.25, 0.3) is 0 Å². The zero-order chi connectivity index (χ0) is 15.1. The number of ether oxygens (including phenoxy) is 1. The van der Waals surface area contributed by atoms with E-state index in [1.165, 1.54) is 16.7 Å². The second-order valence-electron chi connectivity index (χ2n) is 5.31. The van der Waals surface area contributed by atoms with Crippen molar-refractivity contribution in [1.82, 2.24) is 0 Å². The molecule has 0 amide bonds. The van der Waals surface area contributed by atoms with Crippen LogP contribution in [0.3, 0.4) is 0 Å². The molecule has 1 nitrogen and oxygen atoms in total. The van der Waals surface area contributed by atoms with Crippen molar-refractivity contribution in [2.24, 2.45) is 0 Å². The van der Waals surface area contributed by atoms with Gasteiger partial charge in [-0.05, 0) is 29.5 Å². The Bertz CT molecular complexity index is 521. The van der Waals surface area contributed by atoms with Gasteiger partial charge in [-0.1, -0.05) is 77.5 Å². The fourth-order valence-corrected chi connectivity index (χ4v) is 3.62. The lowest BCUT2D eigenvalue weighted by Crippen LogP contribution is -2.05. The maximum absolute atomic E-state index is 5.13. The second kappa shape index (κ2) is 8.35. The average Bonchev–Trinajstić information content (AvgIpc) is 2.55. The van der Waals surface area contributed by atoms with Crippen LogP contribution in [-0.4, -0.2) is 13.7 Å². The number of rotatable bonds is 7. The van der Waals surface area contributed by atoms with Crippen LogP contribution in [0.1, 0.15) is 40.8 Å². The van der Waals surface area contributed by atoms with Crippen molar-refractivity contribution in [3.05, 3.63) is 71.3 Å². The standard InChI is InChI=1S/C19H23BrO/c1-3-18(16-7-5-4-6-8-16)19(20)17-11-9-15(10-12-17)13-14-21-2/h4-12,18-19H,3,13-14H2,1-2H3. The van der Waals surface area contributed by atoms with Crippen molar-refractivity contribution in [1.29, 1.82) is 0 Å². The van der Waals surface area contributed by atoms with Crippen LogP contribution in [0.4, 0.5) is 0 Å². The summed E-state index contributed by atoms with van der Waals surface area (Å²) < 4.78 is 5.13.